The number of aryl methyl sites for hydroxylation is 2. The maximum Gasteiger partial charge on any atom is 0.369 e. The van der Waals surface area contributed by atoms with Crippen molar-refractivity contribution >= 4 is 11.6 Å². The van der Waals surface area contributed by atoms with Gasteiger partial charge in [-0.2, -0.15) is 9.78 Å². The number of nitrogens with one attached hydrogen (secondary N) is 1. The van der Waals surface area contributed by atoms with Gasteiger partial charge in [0, 0.05) is 26.4 Å². The summed E-state index contributed by atoms with van der Waals surface area (Å²) in [7, 11) is 3.11. The maximum atomic E-state index is 11.9. The molecule has 1 N–H and O–H groups in total. The Kier molecular flexibility index (Phi) is 2.92. The molecule has 0 aliphatic rings. The molecule has 0 atom stereocenters. The van der Waals surface area contributed by atoms with Gasteiger partial charge in [0.1, 0.15) is 11.8 Å². The number of nitrogens with zero attached hydrogens (tertiary/aromatic N) is 7. The Morgan fingerprint density at radius 1 is 1.43 bits per heavy atom. The number of aromatic nitrogens is 8. The van der Waals surface area contributed by atoms with Gasteiger partial charge in [0.05, 0.1) is 5.56 Å². The van der Waals surface area contributed by atoms with Crippen molar-refractivity contribution in [1.82, 2.24) is 39.8 Å². The van der Waals surface area contributed by atoms with Gasteiger partial charge < -0.3 is 4.74 Å². The molecule has 0 amide bonds. The fourth-order valence-electron chi connectivity index (χ4n) is 1.72. The van der Waals surface area contributed by atoms with Crippen molar-refractivity contribution in [1.29, 1.82) is 0 Å². The quantitative estimate of drug-likeness (QED) is 0.705. The van der Waals surface area contributed by atoms with Crippen LogP contribution in [0.2, 0.25) is 6.56 Å². The first-order valence-corrected chi connectivity index (χ1v) is 6.23. The zero-order valence-corrected chi connectivity index (χ0v) is 11.9. The molecule has 0 spiro atoms. The molecule has 0 saturated carbocycles. The lowest BCUT2D eigenvalue weighted by Crippen LogP contribution is -2.23. The zero-order valence-electron chi connectivity index (χ0n) is 12.1. The first-order chi connectivity index (χ1) is 10.5. The van der Waals surface area contributed by atoms with Gasteiger partial charge in [-0.3, -0.25) is 9.77 Å². The highest BCUT2D eigenvalue weighted by molar-refractivity contribution is 6.30. The summed E-state index contributed by atoms with van der Waals surface area (Å²) in [5.41, 5.74) is 0.0118. The Balaban J connectivity index is 1.96. The Hall–Kier alpha value is -2.62. The van der Waals surface area contributed by atoms with Crippen molar-refractivity contribution in [2.45, 2.75) is 6.61 Å². The number of rotatable bonds is 4. The molecule has 0 unspecified atom stereocenters. The second-order valence-electron chi connectivity index (χ2n) is 4.17. The Morgan fingerprint density at radius 2 is 2.24 bits per heavy atom. The zero-order chi connectivity index (χ0) is 15.9. The number of hydrogen-bond acceptors (Lipinski definition) is 6. The van der Waals surface area contributed by atoms with E-state index in [1.807, 2.05) is 0 Å². The average molecular weight is 313 g/mol. The van der Waals surface area contributed by atoms with E-state index in [2.05, 4.69) is 20.6 Å². The van der Waals surface area contributed by atoms with Crippen LogP contribution in [0, 0.1) is 0 Å². The van der Waals surface area contributed by atoms with E-state index in [1.165, 1.54) is 24.0 Å². The van der Waals surface area contributed by atoms with Crippen molar-refractivity contribution in [3.05, 3.63) is 33.5 Å². The van der Waals surface area contributed by atoms with Gasteiger partial charge in [-0.15, -0.1) is 9.78 Å². The molecule has 0 fully saturated rings. The van der Waals surface area contributed by atoms with Crippen LogP contribution < -0.4 is 10.4 Å². The minimum absolute atomic E-state index is 0.0159. The molecule has 11 heteroatoms. The molecule has 110 valence electrons. The number of tetrazole rings is 1. The highest BCUT2D eigenvalue weighted by Gasteiger charge is 2.20. The highest BCUT2D eigenvalue weighted by Crippen LogP contribution is 2.22. The van der Waals surface area contributed by atoms with Gasteiger partial charge in [0.15, 0.2) is 7.23 Å². The summed E-state index contributed by atoms with van der Waals surface area (Å²) in [5.74, 6) is 0.489. The van der Waals surface area contributed by atoms with Crippen LogP contribution in [0.25, 0.3) is 5.82 Å². The van der Waals surface area contributed by atoms with Crippen LogP contribution in [0.4, 0.5) is 0 Å². The number of hydrogen-bond donors (Lipinski definition) is 1. The van der Waals surface area contributed by atoms with Crippen LogP contribution in [0.3, 0.4) is 0 Å². The Bertz CT molecular complexity index is 878. The number of H-pyrrole nitrogens is 1. The molecule has 3 rings (SSSR count). The van der Waals surface area contributed by atoms with Gasteiger partial charge in [-0.25, -0.2) is 4.79 Å². The molecule has 0 radical (unpaired) electrons. The predicted molar refractivity (Wildman–Crippen MR) is 71.3 cm³/mol. The van der Waals surface area contributed by atoms with E-state index >= 15 is 0 Å². The summed E-state index contributed by atoms with van der Waals surface area (Å²) in [6.07, 6.45) is 1.42. The molecule has 0 saturated heterocycles. The third-order valence-corrected chi connectivity index (χ3v) is 3.25. The van der Waals surface area contributed by atoms with E-state index in [0.717, 1.165) is 14.5 Å². The van der Waals surface area contributed by atoms with Crippen LogP contribution >= 0.6 is 11.6 Å². The van der Waals surface area contributed by atoms with Gasteiger partial charge in [0.2, 0.25) is 5.88 Å². The van der Waals surface area contributed by atoms with E-state index in [-0.39, 0.29) is 18.3 Å². The van der Waals surface area contributed by atoms with Crippen molar-refractivity contribution in [2.75, 3.05) is 0 Å². The lowest BCUT2D eigenvalue weighted by Gasteiger charge is -2.03. The van der Waals surface area contributed by atoms with Crippen molar-refractivity contribution in [3.63, 3.8) is 0 Å². The largest absolute Gasteiger partial charge is 0.471 e. The van der Waals surface area contributed by atoms with Crippen LogP contribution in [-0.2, 0) is 20.7 Å². The SMILES string of the molecule is [3H]n1ccc(OCc2c(-n3nnn(C)c3=O)nn(C)c2Cl)n1. The van der Waals surface area contributed by atoms with Crippen molar-refractivity contribution < 1.29 is 6.15 Å². The minimum Gasteiger partial charge on any atom is -0.471 e. The minimum atomic E-state index is -0.452. The van der Waals surface area contributed by atoms with Crippen LogP contribution in [-0.4, -0.2) is 39.8 Å². The molecule has 3 aromatic heterocycles. The fourth-order valence-corrected chi connectivity index (χ4v) is 1.90. The fraction of sp³-hybridized carbons (Fsp3) is 0.300. The average Bonchev–Trinajstić information content (AvgIpc) is 3.11. The van der Waals surface area contributed by atoms with Gasteiger partial charge in [0.25, 0.3) is 0 Å². The second kappa shape index (κ2) is 5.05. The summed E-state index contributed by atoms with van der Waals surface area (Å²) in [6.45, 7) is 0.0159. The van der Waals surface area contributed by atoms with Crippen molar-refractivity contribution in [2.24, 2.45) is 14.1 Å². The smallest absolute Gasteiger partial charge is 0.369 e. The third kappa shape index (κ3) is 2.29. The highest BCUT2D eigenvalue weighted by atomic mass is 35.5. The standard InChI is InChI=1S/C10H11ClN8O2/c1-17-8(11)6(5-21-7-3-4-12-13-7)9(14-17)19-10(20)18(2)15-16-19/h3-4H,5H2,1-2H3,(H,12,13)/i/hT. The summed E-state index contributed by atoms with van der Waals surface area (Å²) in [5, 5.41) is 16.5. The molecule has 3 heterocycles. The summed E-state index contributed by atoms with van der Waals surface area (Å²) in [4.78, 5) is 11.9. The molecule has 0 bridgehead atoms. The monoisotopic (exact) mass is 312 g/mol. The molecular formula is C10H11ClN8O2. The normalized spacial score (nSPS) is 11.7. The molecular weight excluding hydrogens is 300 g/mol. The van der Waals surface area contributed by atoms with Crippen LogP contribution in [0.1, 0.15) is 5.56 Å². The number of ether oxygens (including phenoxy) is 1. The summed E-state index contributed by atoms with van der Waals surface area (Å²) >= 11 is 6.18. The topological polar surface area (TPSA) is 108 Å². The lowest BCUT2D eigenvalue weighted by atomic mass is 10.3. The van der Waals surface area contributed by atoms with Crippen LogP contribution in [0.5, 0.6) is 5.88 Å². The Morgan fingerprint density at radius 3 is 2.86 bits per heavy atom. The molecule has 21 heavy (non-hydrogen) atoms. The molecule has 0 aliphatic heterocycles. The summed E-state index contributed by atoms with van der Waals surface area (Å²) in [6, 6.07) is 1.53. The number of halogens is 1. The van der Waals surface area contributed by atoms with E-state index in [9.17, 15) is 4.79 Å². The maximum absolute atomic E-state index is 11.9. The van der Waals surface area contributed by atoms with E-state index in [1.54, 1.807) is 7.05 Å². The lowest BCUT2D eigenvalue weighted by molar-refractivity contribution is 0.293. The van der Waals surface area contributed by atoms with E-state index in [0.29, 0.717) is 10.7 Å². The first-order valence-electron chi connectivity index (χ1n) is 6.30. The van der Waals surface area contributed by atoms with E-state index < -0.39 is 5.69 Å². The van der Waals surface area contributed by atoms with Crippen molar-refractivity contribution in [3.8, 4) is 11.7 Å². The molecule has 3 aromatic rings. The summed E-state index contributed by atoms with van der Waals surface area (Å²) < 4.78 is 16.2. The second-order valence-corrected chi connectivity index (χ2v) is 4.53. The predicted octanol–water partition coefficient (Wildman–Crippen LogP) is -0.345. The first kappa shape index (κ1) is 12.1. The van der Waals surface area contributed by atoms with Gasteiger partial charge in [-0.1, -0.05) is 11.6 Å². The van der Waals surface area contributed by atoms with E-state index in [4.69, 9.17) is 17.7 Å². The molecule has 10 nitrogen and oxygen atoms in total. The molecule has 0 aliphatic carbocycles. The van der Waals surface area contributed by atoms with Gasteiger partial charge >= 0.3 is 5.69 Å². The van der Waals surface area contributed by atoms with Gasteiger partial charge in [-0.05, 0) is 10.4 Å². The van der Waals surface area contributed by atoms with Crippen LogP contribution in [0.15, 0.2) is 17.1 Å². The Labute approximate surface area is 124 Å². The molecule has 0 aromatic carbocycles. The third-order valence-electron chi connectivity index (χ3n) is 2.77. The number of aromatic amines is 1.